The molecule has 0 heterocycles. The van der Waals surface area contributed by atoms with Gasteiger partial charge in [-0.05, 0) is 55.1 Å². The van der Waals surface area contributed by atoms with Crippen molar-refractivity contribution in [1.29, 1.82) is 0 Å². The molecule has 0 amide bonds. The molecule has 1 aromatic carbocycles. The number of benzene rings is 1. The summed E-state index contributed by atoms with van der Waals surface area (Å²) in [5.41, 5.74) is 6.36. The molecule has 0 bridgehead atoms. The van der Waals surface area contributed by atoms with Gasteiger partial charge in [0, 0.05) is 0 Å². The summed E-state index contributed by atoms with van der Waals surface area (Å²) in [4.78, 5) is 13.4. The Balaban J connectivity index is 1.94. The van der Waals surface area contributed by atoms with Gasteiger partial charge in [0.1, 0.15) is 12.1 Å². The Morgan fingerprint density at radius 3 is 2.48 bits per heavy atom. The average Bonchev–Trinajstić information content (AvgIpc) is 3.34. The van der Waals surface area contributed by atoms with Crippen LogP contribution in [0.2, 0.25) is 0 Å². The molecule has 2 fully saturated rings. The Bertz CT molecular complexity index is 552. The van der Waals surface area contributed by atoms with Crippen molar-refractivity contribution in [2.45, 2.75) is 43.7 Å². The van der Waals surface area contributed by atoms with Crippen molar-refractivity contribution < 1.29 is 9.18 Å². The summed E-state index contributed by atoms with van der Waals surface area (Å²) in [5, 5.41) is 0.259. The van der Waals surface area contributed by atoms with Crippen LogP contribution >= 0.6 is 12.2 Å². The lowest BCUT2D eigenvalue weighted by molar-refractivity contribution is -0.113. The van der Waals surface area contributed by atoms with Crippen LogP contribution in [0.5, 0.6) is 0 Å². The molecule has 2 aliphatic carbocycles. The molecule has 2 aliphatic rings. The van der Waals surface area contributed by atoms with E-state index in [2.05, 4.69) is 0 Å². The molecule has 3 rings (SSSR count). The maximum absolute atomic E-state index is 13.2. The van der Waals surface area contributed by atoms with Crippen LogP contribution in [0.1, 0.15) is 43.7 Å². The number of halogens is 1. The quantitative estimate of drug-likeness (QED) is 0.648. The highest BCUT2D eigenvalue weighted by atomic mass is 32.1. The van der Waals surface area contributed by atoms with Crippen LogP contribution in [0.25, 0.3) is 0 Å². The normalized spacial score (nSPS) is 20.6. The van der Waals surface area contributed by atoms with E-state index in [-0.39, 0.29) is 17.0 Å². The lowest BCUT2D eigenvalue weighted by atomic mass is 9.97. The smallest absolute Gasteiger partial charge is 0.167 e. The third kappa shape index (κ3) is 2.93. The van der Waals surface area contributed by atoms with Gasteiger partial charge in [-0.3, -0.25) is 0 Å². The Morgan fingerprint density at radius 2 is 2.05 bits per heavy atom. The molecule has 0 aromatic heterocycles. The van der Waals surface area contributed by atoms with Gasteiger partial charge in [-0.2, -0.15) is 0 Å². The standard InChI is InChI=1S/C16H19FN2OS/c17-13-5-3-12(4-6-13)14(9-11-1-2-11)19(15(18)21)16(10-20)7-8-16/h3-6,10-11,14H,1-2,7-9H2,(H2,18,21). The van der Waals surface area contributed by atoms with E-state index in [1.807, 2.05) is 4.90 Å². The van der Waals surface area contributed by atoms with Crippen LogP contribution in [-0.2, 0) is 4.79 Å². The van der Waals surface area contributed by atoms with Crippen molar-refractivity contribution in [1.82, 2.24) is 4.90 Å². The summed E-state index contributed by atoms with van der Waals surface area (Å²) in [6.07, 6.45) is 5.87. The number of carbonyl (C=O) groups is 1. The molecule has 21 heavy (non-hydrogen) atoms. The number of hydrogen-bond donors (Lipinski definition) is 1. The van der Waals surface area contributed by atoms with E-state index < -0.39 is 5.54 Å². The molecular formula is C16H19FN2OS. The Hall–Kier alpha value is -1.49. The van der Waals surface area contributed by atoms with Gasteiger partial charge in [-0.15, -0.1) is 0 Å². The molecule has 3 nitrogen and oxygen atoms in total. The van der Waals surface area contributed by atoms with Gasteiger partial charge in [-0.25, -0.2) is 4.39 Å². The fourth-order valence-electron chi connectivity index (χ4n) is 2.97. The molecule has 1 atom stereocenters. The maximum Gasteiger partial charge on any atom is 0.167 e. The summed E-state index contributed by atoms with van der Waals surface area (Å²) in [7, 11) is 0. The highest BCUT2D eigenvalue weighted by Gasteiger charge is 2.52. The van der Waals surface area contributed by atoms with Crippen LogP contribution in [0.4, 0.5) is 4.39 Å². The minimum Gasteiger partial charge on any atom is -0.376 e. The molecule has 2 saturated carbocycles. The highest BCUT2D eigenvalue weighted by Crippen LogP contribution is 2.48. The summed E-state index contributed by atoms with van der Waals surface area (Å²) < 4.78 is 13.2. The fraction of sp³-hybridized carbons (Fsp3) is 0.500. The first-order valence-electron chi connectivity index (χ1n) is 7.36. The van der Waals surface area contributed by atoms with E-state index in [0.29, 0.717) is 5.92 Å². The third-order valence-corrected chi connectivity index (χ3v) is 4.72. The first-order valence-corrected chi connectivity index (χ1v) is 7.77. The topological polar surface area (TPSA) is 46.3 Å². The van der Waals surface area contributed by atoms with Crippen molar-refractivity contribution >= 4 is 23.6 Å². The predicted molar refractivity (Wildman–Crippen MR) is 83.1 cm³/mol. The van der Waals surface area contributed by atoms with E-state index >= 15 is 0 Å². The molecule has 1 unspecified atom stereocenters. The summed E-state index contributed by atoms with van der Waals surface area (Å²) in [5.74, 6) is 0.390. The van der Waals surface area contributed by atoms with Gasteiger partial charge < -0.3 is 15.4 Å². The zero-order valence-corrected chi connectivity index (χ0v) is 12.6. The number of aldehydes is 1. The van der Waals surface area contributed by atoms with Gasteiger partial charge in [0.2, 0.25) is 0 Å². The zero-order chi connectivity index (χ0) is 15.0. The molecular weight excluding hydrogens is 287 g/mol. The third-order valence-electron chi connectivity index (χ3n) is 4.52. The van der Waals surface area contributed by atoms with Gasteiger partial charge >= 0.3 is 0 Å². The number of thiocarbonyl (C=S) groups is 1. The van der Waals surface area contributed by atoms with E-state index in [0.717, 1.165) is 31.1 Å². The van der Waals surface area contributed by atoms with Crippen molar-refractivity contribution in [3.63, 3.8) is 0 Å². The van der Waals surface area contributed by atoms with E-state index in [1.165, 1.54) is 25.0 Å². The average molecular weight is 306 g/mol. The number of hydrogen-bond acceptors (Lipinski definition) is 2. The first kappa shape index (κ1) is 14.4. The van der Waals surface area contributed by atoms with Gasteiger partial charge in [-0.1, -0.05) is 25.0 Å². The number of carbonyl (C=O) groups excluding carboxylic acids is 1. The second kappa shape index (κ2) is 5.37. The monoisotopic (exact) mass is 306 g/mol. The predicted octanol–water partition coefficient (Wildman–Crippen LogP) is 2.94. The number of nitrogens with two attached hydrogens (primary N) is 1. The maximum atomic E-state index is 13.2. The SMILES string of the molecule is NC(=S)N(C(CC1CC1)c1ccc(F)cc1)C1(C=O)CC1. The molecule has 0 spiro atoms. The molecule has 112 valence electrons. The van der Waals surface area contributed by atoms with Crippen LogP contribution < -0.4 is 5.73 Å². The molecule has 2 N–H and O–H groups in total. The lowest BCUT2D eigenvalue weighted by Crippen LogP contribution is -2.48. The van der Waals surface area contributed by atoms with E-state index in [9.17, 15) is 9.18 Å². The minimum atomic E-state index is -0.542. The van der Waals surface area contributed by atoms with Crippen molar-refractivity contribution in [2.75, 3.05) is 0 Å². The molecule has 0 saturated heterocycles. The van der Waals surface area contributed by atoms with Crippen LogP contribution in [0.15, 0.2) is 24.3 Å². The van der Waals surface area contributed by atoms with E-state index in [1.54, 1.807) is 12.1 Å². The molecule has 1 aromatic rings. The second-order valence-corrected chi connectivity index (χ2v) is 6.59. The highest BCUT2D eigenvalue weighted by molar-refractivity contribution is 7.80. The van der Waals surface area contributed by atoms with Crippen molar-refractivity contribution in [3.05, 3.63) is 35.6 Å². The van der Waals surface area contributed by atoms with Gasteiger partial charge in [0.15, 0.2) is 5.11 Å². The van der Waals surface area contributed by atoms with Gasteiger partial charge in [0.05, 0.1) is 11.6 Å². The van der Waals surface area contributed by atoms with Crippen molar-refractivity contribution in [3.8, 4) is 0 Å². The largest absolute Gasteiger partial charge is 0.376 e. The minimum absolute atomic E-state index is 0.0386. The summed E-state index contributed by atoms with van der Waals surface area (Å²) >= 11 is 5.22. The number of rotatable bonds is 6. The van der Waals surface area contributed by atoms with Crippen LogP contribution in [-0.4, -0.2) is 21.8 Å². The summed E-state index contributed by atoms with van der Waals surface area (Å²) in [6, 6.07) is 6.41. The summed E-state index contributed by atoms with van der Waals surface area (Å²) in [6.45, 7) is 0. The van der Waals surface area contributed by atoms with E-state index in [4.69, 9.17) is 18.0 Å². The van der Waals surface area contributed by atoms with Gasteiger partial charge in [0.25, 0.3) is 0 Å². The Labute approximate surface area is 129 Å². The fourth-order valence-corrected chi connectivity index (χ4v) is 3.28. The molecule has 0 aliphatic heterocycles. The Morgan fingerprint density at radius 1 is 1.43 bits per heavy atom. The zero-order valence-electron chi connectivity index (χ0n) is 11.8. The molecule has 0 radical (unpaired) electrons. The van der Waals surface area contributed by atoms with Crippen LogP contribution in [0.3, 0.4) is 0 Å². The number of nitrogens with zero attached hydrogens (tertiary/aromatic N) is 1. The first-order chi connectivity index (χ1) is 10.1. The molecule has 5 heteroatoms. The lowest BCUT2D eigenvalue weighted by Gasteiger charge is -2.37. The Kier molecular flexibility index (Phi) is 3.69. The van der Waals surface area contributed by atoms with Crippen LogP contribution in [0, 0.1) is 11.7 Å². The second-order valence-electron chi connectivity index (χ2n) is 6.18. The van der Waals surface area contributed by atoms with Crippen molar-refractivity contribution in [2.24, 2.45) is 11.7 Å².